The molecule has 0 radical (unpaired) electrons. The number of aromatic nitrogens is 2. The number of hydrogen-bond donors (Lipinski definition) is 2. The fourth-order valence-electron chi connectivity index (χ4n) is 3.44. The van der Waals surface area contributed by atoms with Crippen LogP contribution < -0.4 is 15.0 Å². The number of alkyl halides is 3. The van der Waals surface area contributed by atoms with E-state index < -0.39 is 6.36 Å². The molecule has 1 aliphatic heterocycles. The van der Waals surface area contributed by atoms with Crippen LogP contribution in [0.2, 0.25) is 0 Å². The lowest BCUT2D eigenvalue weighted by Crippen LogP contribution is -2.32. The highest BCUT2D eigenvalue weighted by Crippen LogP contribution is 2.39. The van der Waals surface area contributed by atoms with E-state index in [-0.39, 0.29) is 18.4 Å². The Kier molecular flexibility index (Phi) is 5.24. The summed E-state index contributed by atoms with van der Waals surface area (Å²) in [7, 11) is 0. The molecule has 6 nitrogen and oxygen atoms in total. The van der Waals surface area contributed by atoms with Gasteiger partial charge in [0.1, 0.15) is 23.2 Å². The second-order valence-electron chi connectivity index (χ2n) is 7.62. The van der Waals surface area contributed by atoms with Crippen LogP contribution in [0.25, 0.3) is 0 Å². The number of benzene rings is 1. The Labute approximate surface area is 166 Å². The summed E-state index contributed by atoms with van der Waals surface area (Å²) < 4.78 is 41.7. The van der Waals surface area contributed by atoms with E-state index in [1.54, 1.807) is 6.07 Å². The zero-order chi connectivity index (χ0) is 20.6. The number of ether oxygens (including phenoxy) is 1. The van der Waals surface area contributed by atoms with Crippen LogP contribution in [0.15, 0.2) is 24.3 Å². The Balaban J connectivity index is 1.58. The first-order valence-corrected chi connectivity index (χ1v) is 9.69. The first kappa shape index (κ1) is 19.8. The number of fused-ring (bicyclic) bond motifs is 1. The number of nitrogens with zero attached hydrogens (tertiary/aromatic N) is 3. The van der Waals surface area contributed by atoms with Gasteiger partial charge in [-0.2, -0.15) is 0 Å². The molecule has 0 bridgehead atoms. The van der Waals surface area contributed by atoms with Gasteiger partial charge in [0.2, 0.25) is 0 Å². The van der Waals surface area contributed by atoms with Gasteiger partial charge in [-0.15, -0.1) is 13.2 Å². The zero-order valence-corrected chi connectivity index (χ0v) is 16.0. The molecule has 0 spiro atoms. The van der Waals surface area contributed by atoms with E-state index in [1.807, 2.05) is 17.9 Å². The summed E-state index contributed by atoms with van der Waals surface area (Å²) in [5.74, 6) is 2.30. The molecule has 0 amide bonds. The third kappa shape index (κ3) is 4.90. The van der Waals surface area contributed by atoms with Crippen molar-refractivity contribution in [3.8, 4) is 5.75 Å². The van der Waals surface area contributed by atoms with Crippen LogP contribution in [0, 0.1) is 0 Å². The van der Waals surface area contributed by atoms with Crippen LogP contribution in [0.4, 0.5) is 24.8 Å². The summed E-state index contributed by atoms with van der Waals surface area (Å²) in [6.45, 7) is 3.00. The fourth-order valence-corrected chi connectivity index (χ4v) is 3.44. The molecule has 0 unspecified atom stereocenters. The van der Waals surface area contributed by atoms with E-state index >= 15 is 0 Å². The van der Waals surface area contributed by atoms with Gasteiger partial charge in [0.05, 0.1) is 6.61 Å². The normalized spacial score (nSPS) is 17.6. The average molecular weight is 408 g/mol. The Morgan fingerprint density at radius 3 is 2.72 bits per heavy atom. The van der Waals surface area contributed by atoms with Crippen LogP contribution in [-0.4, -0.2) is 40.6 Å². The number of aliphatic hydroxyl groups excluding tert-OH is 1. The number of rotatable bonds is 6. The smallest absolute Gasteiger partial charge is 0.406 e. The van der Waals surface area contributed by atoms with Crippen molar-refractivity contribution in [1.82, 2.24) is 9.97 Å². The molecule has 1 saturated carbocycles. The maximum atomic E-state index is 12.5. The average Bonchev–Trinajstić information content (AvgIpc) is 3.51. The van der Waals surface area contributed by atoms with E-state index in [1.165, 1.54) is 12.1 Å². The topological polar surface area (TPSA) is 70.5 Å². The van der Waals surface area contributed by atoms with Gasteiger partial charge in [-0.05, 0) is 49.4 Å². The van der Waals surface area contributed by atoms with E-state index in [0.717, 1.165) is 35.6 Å². The van der Waals surface area contributed by atoms with Crippen molar-refractivity contribution < 1.29 is 23.0 Å². The number of anilines is 2. The monoisotopic (exact) mass is 408 g/mol. The van der Waals surface area contributed by atoms with Gasteiger partial charge in [-0.25, -0.2) is 9.97 Å². The molecule has 1 atom stereocenters. The second kappa shape index (κ2) is 7.70. The second-order valence-corrected chi connectivity index (χ2v) is 7.62. The predicted molar refractivity (Wildman–Crippen MR) is 102 cm³/mol. The Morgan fingerprint density at radius 1 is 1.24 bits per heavy atom. The molecule has 2 N–H and O–H groups in total. The molecule has 156 valence electrons. The van der Waals surface area contributed by atoms with Crippen molar-refractivity contribution in [2.75, 3.05) is 23.4 Å². The lowest BCUT2D eigenvalue weighted by Gasteiger charge is -2.30. The summed E-state index contributed by atoms with van der Waals surface area (Å²) in [5.41, 5.74) is 1.81. The molecule has 0 saturated heterocycles. The summed E-state index contributed by atoms with van der Waals surface area (Å²) in [4.78, 5) is 11.3. The number of halogens is 3. The molecular weight excluding hydrogens is 385 g/mol. The third-order valence-electron chi connectivity index (χ3n) is 5.09. The first-order valence-electron chi connectivity index (χ1n) is 9.69. The minimum atomic E-state index is -4.71. The summed E-state index contributed by atoms with van der Waals surface area (Å²) in [5, 5.41) is 12.5. The zero-order valence-electron chi connectivity index (χ0n) is 16.0. The molecule has 1 aromatic heterocycles. The van der Waals surface area contributed by atoms with Crippen molar-refractivity contribution in [2.45, 2.75) is 51.1 Å². The quantitative estimate of drug-likeness (QED) is 0.761. The SMILES string of the molecule is C[C@H](CO)Nc1cc(N2CCc3ccc(OC(F)(F)F)cc3C2)nc(C2CC2)n1. The van der Waals surface area contributed by atoms with E-state index in [4.69, 9.17) is 4.98 Å². The molecule has 1 fully saturated rings. The number of hydrogen-bond acceptors (Lipinski definition) is 6. The van der Waals surface area contributed by atoms with Crippen LogP contribution in [0.3, 0.4) is 0 Å². The van der Waals surface area contributed by atoms with Gasteiger partial charge in [-0.1, -0.05) is 6.07 Å². The van der Waals surface area contributed by atoms with E-state index in [2.05, 4.69) is 15.0 Å². The lowest BCUT2D eigenvalue weighted by molar-refractivity contribution is -0.274. The van der Waals surface area contributed by atoms with Crippen LogP contribution in [-0.2, 0) is 13.0 Å². The summed E-state index contributed by atoms with van der Waals surface area (Å²) in [6.07, 6.45) is -1.89. The molecule has 29 heavy (non-hydrogen) atoms. The van der Waals surface area contributed by atoms with Crippen LogP contribution >= 0.6 is 0 Å². The maximum Gasteiger partial charge on any atom is 0.573 e. The molecule has 9 heteroatoms. The predicted octanol–water partition coefficient (Wildman–Crippen LogP) is 3.61. The minimum Gasteiger partial charge on any atom is -0.406 e. The van der Waals surface area contributed by atoms with Crippen molar-refractivity contribution in [1.29, 1.82) is 0 Å². The van der Waals surface area contributed by atoms with Gasteiger partial charge >= 0.3 is 6.36 Å². The number of aliphatic hydroxyl groups is 1. The fraction of sp³-hybridized carbons (Fsp3) is 0.500. The summed E-state index contributed by atoms with van der Waals surface area (Å²) >= 11 is 0. The van der Waals surface area contributed by atoms with Crippen LogP contribution in [0.5, 0.6) is 5.75 Å². The molecular formula is C20H23F3N4O2. The number of nitrogens with one attached hydrogen (secondary N) is 1. The highest BCUT2D eigenvalue weighted by molar-refractivity contribution is 5.53. The van der Waals surface area contributed by atoms with Crippen LogP contribution in [0.1, 0.15) is 42.6 Å². The minimum absolute atomic E-state index is 0.0167. The van der Waals surface area contributed by atoms with E-state index in [9.17, 15) is 18.3 Å². The Hall–Kier alpha value is -2.55. The molecule has 1 aromatic carbocycles. The lowest BCUT2D eigenvalue weighted by atomic mass is 9.99. The first-order chi connectivity index (χ1) is 13.8. The van der Waals surface area contributed by atoms with E-state index in [0.29, 0.717) is 31.2 Å². The van der Waals surface area contributed by atoms with Gasteiger partial charge in [-0.3, -0.25) is 0 Å². The third-order valence-corrected chi connectivity index (χ3v) is 5.09. The largest absolute Gasteiger partial charge is 0.573 e. The maximum absolute atomic E-state index is 12.5. The molecule has 2 heterocycles. The highest BCUT2D eigenvalue weighted by Gasteiger charge is 2.32. The van der Waals surface area contributed by atoms with Gasteiger partial charge < -0.3 is 20.1 Å². The van der Waals surface area contributed by atoms with Crippen molar-refractivity contribution in [3.63, 3.8) is 0 Å². The standard InChI is InChI=1S/C20H23F3N4O2/c1-12(11-28)24-17-9-18(26-19(25-17)14-2-3-14)27-7-6-13-4-5-16(8-15(13)10-27)29-20(21,22)23/h4-5,8-9,12,14,28H,2-3,6-7,10-11H2,1H3,(H,24,25,26)/t12-/m1/s1. The Bertz CT molecular complexity index is 887. The Morgan fingerprint density at radius 2 is 2.03 bits per heavy atom. The van der Waals surface area contributed by atoms with Crippen molar-refractivity contribution in [3.05, 3.63) is 41.2 Å². The van der Waals surface area contributed by atoms with Gasteiger partial charge in [0.15, 0.2) is 0 Å². The highest BCUT2D eigenvalue weighted by atomic mass is 19.4. The van der Waals surface area contributed by atoms with Crippen molar-refractivity contribution >= 4 is 11.6 Å². The molecule has 2 aromatic rings. The molecule has 1 aliphatic carbocycles. The van der Waals surface area contributed by atoms with Gasteiger partial charge in [0, 0.05) is 31.1 Å². The molecule has 4 rings (SSSR count). The van der Waals surface area contributed by atoms with Gasteiger partial charge in [0.25, 0.3) is 0 Å². The molecule has 2 aliphatic rings. The van der Waals surface area contributed by atoms with Crippen molar-refractivity contribution in [2.24, 2.45) is 0 Å². The summed E-state index contributed by atoms with van der Waals surface area (Å²) in [6, 6.07) is 6.19.